The summed E-state index contributed by atoms with van der Waals surface area (Å²) in [5.41, 5.74) is 1.94. The molecule has 0 saturated carbocycles. The Balaban J connectivity index is 2.04. The van der Waals surface area contributed by atoms with Crippen molar-refractivity contribution in [3.8, 4) is 23.2 Å². The number of halogens is 1. The van der Waals surface area contributed by atoms with Gasteiger partial charge in [-0.3, -0.25) is 9.67 Å². The largest absolute Gasteiger partial charge is 0.413 e. The number of aromatic nitrogens is 5. The molecule has 3 rings (SSSR count). The van der Waals surface area contributed by atoms with Gasteiger partial charge < -0.3 is 4.42 Å². The molecule has 0 atom stereocenters. The van der Waals surface area contributed by atoms with Crippen LogP contribution < -0.4 is 0 Å². The number of hydrogen-bond acceptors (Lipinski definition) is 5. The maximum atomic E-state index is 6.18. The minimum absolute atomic E-state index is 0.286. The highest BCUT2D eigenvalue weighted by Crippen LogP contribution is 2.29. The Morgan fingerprint density at radius 1 is 1.21 bits per heavy atom. The highest BCUT2D eigenvalue weighted by atomic mass is 35.5. The Bertz CT molecular complexity index is 719. The topological polar surface area (TPSA) is 69.6 Å². The lowest BCUT2D eigenvalue weighted by Gasteiger charge is -1.91. The van der Waals surface area contributed by atoms with Crippen molar-refractivity contribution in [2.24, 2.45) is 7.05 Å². The van der Waals surface area contributed by atoms with E-state index in [1.165, 1.54) is 0 Å². The second-order valence-electron chi connectivity index (χ2n) is 4.00. The van der Waals surface area contributed by atoms with Crippen LogP contribution in [-0.2, 0) is 7.05 Å². The number of hydrogen-bond donors (Lipinski definition) is 0. The van der Waals surface area contributed by atoms with Gasteiger partial charge in [0, 0.05) is 13.2 Å². The smallest absolute Gasteiger partial charge is 0.270 e. The lowest BCUT2D eigenvalue weighted by Crippen LogP contribution is -1.92. The molecule has 96 valence electrons. The zero-order chi connectivity index (χ0) is 13.4. The van der Waals surface area contributed by atoms with Gasteiger partial charge in [0.2, 0.25) is 0 Å². The molecule has 6 nitrogen and oxygen atoms in total. The minimum Gasteiger partial charge on any atom is -0.413 e. The normalized spacial score (nSPS) is 10.9. The fraction of sp³-hybridized carbons (Fsp3) is 0.167. The van der Waals surface area contributed by atoms with Gasteiger partial charge in [0.25, 0.3) is 11.8 Å². The summed E-state index contributed by atoms with van der Waals surface area (Å²) in [5, 5.41) is 12.7. The molecule has 0 aromatic carbocycles. The van der Waals surface area contributed by atoms with Crippen molar-refractivity contribution in [3.05, 3.63) is 35.1 Å². The number of rotatable bonds is 2. The molecule has 0 bridgehead atoms. The number of nitrogens with zero attached hydrogens (tertiary/aromatic N) is 5. The lowest BCUT2D eigenvalue weighted by atomic mass is 10.3. The highest BCUT2D eigenvalue weighted by molar-refractivity contribution is 6.33. The second-order valence-corrected chi connectivity index (χ2v) is 4.38. The third-order valence-electron chi connectivity index (χ3n) is 2.77. The Morgan fingerprint density at radius 2 is 2.00 bits per heavy atom. The summed E-state index contributed by atoms with van der Waals surface area (Å²) < 4.78 is 7.23. The molecule has 0 amide bonds. The standard InChI is InChI=1S/C12H10ClN5O/c1-7-9(13)10(17-18(7)2)12-16-15-11(19-12)8-5-3-4-6-14-8/h3-6H,1-2H3. The van der Waals surface area contributed by atoms with Gasteiger partial charge in [0.15, 0.2) is 5.69 Å². The molecule has 0 unspecified atom stereocenters. The van der Waals surface area contributed by atoms with Crippen LogP contribution >= 0.6 is 11.6 Å². The van der Waals surface area contributed by atoms with Gasteiger partial charge in [0.05, 0.1) is 10.7 Å². The third kappa shape index (κ3) is 2.00. The summed E-state index contributed by atoms with van der Waals surface area (Å²) in [5.74, 6) is 0.629. The summed E-state index contributed by atoms with van der Waals surface area (Å²) >= 11 is 6.18. The Morgan fingerprint density at radius 3 is 2.63 bits per heavy atom. The molecule has 0 saturated heterocycles. The zero-order valence-corrected chi connectivity index (χ0v) is 11.1. The molecule has 0 aliphatic heterocycles. The van der Waals surface area contributed by atoms with Crippen molar-refractivity contribution in [2.45, 2.75) is 6.92 Å². The number of pyridine rings is 1. The molecule has 0 N–H and O–H groups in total. The van der Waals surface area contributed by atoms with Crippen molar-refractivity contribution in [1.29, 1.82) is 0 Å². The second kappa shape index (κ2) is 4.47. The van der Waals surface area contributed by atoms with E-state index in [-0.39, 0.29) is 5.89 Å². The van der Waals surface area contributed by atoms with E-state index in [0.29, 0.717) is 22.3 Å². The first-order chi connectivity index (χ1) is 9.16. The van der Waals surface area contributed by atoms with Gasteiger partial charge in [0.1, 0.15) is 5.69 Å². The predicted octanol–water partition coefficient (Wildman–Crippen LogP) is 2.49. The van der Waals surface area contributed by atoms with E-state index in [1.807, 2.05) is 19.1 Å². The predicted molar refractivity (Wildman–Crippen MR) is 69.5 cm³/mol. The number of aryl methyl sites for hydroxylation is 1. The lowest BCUT2D eigenvalue weighted by molar-refractivity contribution is 0.577. The summed E-state index contributed by atoms with van der Waals surface area (Å²) in [6.45, 7) is 1.87. The van der Waals surface area contributed by atoms with Crippen LogP contribution in [0.1, 0.15) is 5.69 Å². The van der Waals surface area contributed by atoms with Gasteiger partial charge in [-0.15, -0.1) is 10.2 Å². The SMILES string of the molecule is Cc1c(Cl)c(-c2nnc(-c3ccccn3)o2)nn1C. The Kier molecular flexibility index (Phi) is 2.79. The molecule has 3 aromatic rings. The monoisotopic (exact) mass is 275 g/mol. The van der Waals surface area contributed by atoms with E-state index < -0.39 is 0 Å². The summed E-state index contributed by atoms with van der Waals surface area (Å²) in [6, 6.07) is 5.46. The molecule has 0 aliphatic carbocycles. The van der Waals surface area contributed by atoms with E-state index in [4.69, 9.17) is 16.0 Å². The summed E-state index contributed by atoms with van der Waals surface area (Å²) in [4.78, 5) is 4.15. The maximum absolute atomic E-state index is 6.18. The van der Waals surface area contributed by atoms with E-state index in [9.17, 15) is 0 Å². The first-order valence-corrected chi connectivity index (χ1v) is 5.99. The Hall–Kier alpha value is -2.21. The maximum Gasteiger partial charge on any atom is 0.270 e. The van der Waals surface area contributed by atoms with Crippen molar-refractivity contribution in [2.75, 3.05) is 0 Å². The zero-order valence-electron chi connectivity index (χ0n) is 10.3. The van der Waals surface area contributed by atoms with Gasteiger partial charge in [-0.2, -0.15) is 5.10 Å². The van der Waals surface area contributed by atoms with Crippen molar-refractivity contribution < 1.29 is 4.42 Å². The van der Waals surface area contributed by atoms with Gasteiger partial charge in [-0.05, 0) is 19.1 Å². The average Bonchev–Trinajstić information content (AvgIpc) is 3.01. The van der Waals surface area contributed by atoms with Crippen molar-refractivity contribution >= 4 is 11.6 Å². The van der Waals surface area contributed by atoms with Gasteiger partial charge in [-0.25, -0.2) is 0 Å². The average molecular weight is 276 g/mol. The van der Waals surface area contributed by atoms with Crippen molar-refractivity contribution in [3.63, 3.8) is 0 Å². The molecule has 3 heterocycles. The van der Waals surface area contributed by atoms with Crippen LogP contribution in [-0.4, -0.2) is 25.0 Å². The van der Waals surface area contributed by atoms with Crippen LogP contribution in [0.15, 0.2) is 28.8 Å². The van der Waals surface area contributed by atoms with Crippen LogP contribution in [0.3, 0.4) is 0 Å². The third-order valence-corrected chi connectivity index (χ3v) is 3.23. The molecule has 0 fully saturated rings. The van der Waals surface area contributed by atoms with E-state index in [0.717, 1.165) is 5.69 Å². The molecule has 7 heteroatoms. The molecule has 0 radical (unpaired) electrons. The molecule has 19 heavy (non-hydrogen) atoms. The van der Waals surface area contributed by atoms with Crippen LogP contribution in [0.5, 0.6) is 0 Å². The Labute approximate surface area is 114 Å². The first kappa shape index (κ1) is 11.9. The van der Waals surface area contributed by atoms with Crippen LogP contribution in [0.2, 0.25) is 5.02 Å². The fourth-order valence-electron chi connectivity index (χ4n) is 1.63. The summed E-state index contributed by atoms with van der Waals surface area (Å²) in [6.07, 6.45) is 1.66. The van der Waals surface area contributed by atoms with Gasteiger partial charge in [-0.1, -0.05) is 17.7 Å². The summed E-state index contributed by atoms with van der Waals surface area (Å²) in [7, 11) is 1.81. The first-order valence-electron chi connectivity index (χ1n) is 5.61. The van der Waals surface area contributed by atoms with Crippen LogP contribution in [0.25, 0.3) is 23.2 Å². The quantitative estimate of drug-likeness (QED) is 0.719. The van der Waals surface area contributed by atoms with E-state index >= 15 is 0 Å². The van der Waals surface area contributed by atoms with Crippen LogP contribution in [0, 0.1) is 6.92 Å². The molecule has 3 aromatic heterocycles. The van der Waals surface area contributed by atoms with E-state index in [1.54, 1.807) is 24.0 Å². The molecular weight excluding hydrogens is 266 g/mol. The van der Waals surface area contributed by atoms with Crippen molar-refractivity contribution in [1.82, 2.24) is 25.0 Å². The minimum atomic E-state index is 0.286. The van der Waals surface area contributed by atoms with E-state index in [2.05, 4.69) is 20.3 Å². The molecular formula is C12H10ClN5O. The highest BCUT2D eigenvalue weighted by Gasteiger charge is 2.19. The fourth-order valence-corrected chi connectivity index (χ4v) is 1.87. The van der Waals surface area contributed by atoms with Crippen LogP contribution in [0.4, 0.5) is 0 Å². The molecule has 0 aliphatic rings. The molecule has 0 spiro atoms. The van der Waals surface area contributed by atoms with Gasteiger partial charge >= 0.3 is 0 Å².